The van der Waals surface area contributed by atoms with Gasteiger partial charge in [-0.1, -0.05) is 24.3 Å². The molecule has 0 aliphatic rings. The van der Waals surface area contributed by atoms with Gasteiger partial charge in [-0.3, -0.25) is 10.0 Å². The minimum atomic E-state index is -3.83. The Morgan fingerprint density at radius 1 is 1.17 bits per heavy atom. The average molecular weight is 430 g/mol. The number of carbonyl (C=O) groups is 1. The van der Waals surface area contributed by atoms with Crippen LogP contribution >= 0.6 is 11.3 Å². The van der Waals surface area contributed by atoms with Crippen LogP contribution in [0.1, 0.15) is 11.1 Å². The maximum atomic E-state index is 12.7. The first kappa shape index (κ1) is 19.6. The molecule has 1 atom stereocenters. The van der Waals surface area contributed by atoms with Crippen molar-refractivity contribution in [2.24, 2.45) is 0 Å². The normalized spacial score (nSPS) is 13.0. The summed E-state index contributed by atoms with van der Waals surface area (Å²) in [5.74, 6) is -1.07. The molecule has 2 aromatic carbocycles. The van der Waals surface area contributed by atoms with Crippen LogP contribution in [0.25, 0.3) is 21.0 Å². The second-order valence-electron chi connectivity index (χ2n) is 6.76. The van der Waals surface area contributed by atoms with Crippen molar-refractivity contribution in [3.8, 4) is 0 Å². The Labute approximate surface area is 171 Å². The first-order valence-electron chi connectivity index (χ1n) is 8.90. The van der Waals surface area contributed by atoms with Crippen LogP contribution in [0.2, 0.25) is 0 Å². The van der Waals surface area contributed by atoms with Gasteiger partial charge >= 0.3 is 0 Å². The fourth-order valence-electron chi connectivity index (χ4n) is 3.37. The molecule has 0 spiro atoms. The molecule has 2 aromatic heterocycles. The Hall–Kier alpha value is -2.72. The van der Waals surface area contributed by atoms with E-state index in [-0.39, 0.29) is 12.2 Å². The summed E-state index contributed by atoms with van der Waals surface area (Å²) in [6, 6.07) is 13.8. The van der Waals surface area contributed by atoms with Crippen molar-refractivity contribution in [1.82, 2.24) is 15.2 Å². The number of nitrogens with one attached hydrogen (secondary N) is 3. The Morgan fingerprint density at radius 3 is 2.83 bits per heavy atom. The van der Waals surface area contributed by atoms with Gasteiger partial charge in [0.1, 0.15) is 6.04 Å². The number of aromatic nitrogens is 1. The lowest BCUT2D eigenvalue weighted by molar-refractivity contribution is -0.130. The molecule has 0 saturated carbocycles. The topological polar surface area (TPSA) is 111 Å². The monoisotopic (exact) mass is 429 g/mol. The molecule has 150 valence electrons. The van der Waals surface area contributed by atoms with Crippen molar-refractivity contribution in [3.05, 3.63) is 71.2 Å². The third-order valence-corrected chi connectivity index (χ3v) is 6.98. The summed E-state index contributed by atoms with van der Waals surface area (Å²) in [5, 5.41) is 12.9. The Morgan fingerprint density at radius 2 is 2.00 bits per heavy atom. The highest BCUT2D eigenvalue weighted by molar-refractivity contribution is 7.88. The molecule has 1 amide bonds. The molecule has 4 N–H and O–H groups in total. The number of fused-ring (bicyclic) bond motifs is 2. The van der Waals surface area contributed by atoms with Crippen molar-refractivity contribution in [3.63, 3.8) is 0 Å². The number of sulfonamides is 1. The van der Waals surface area contributed by atoms with Crippen molar-refractivity contribution in [2.75, 3.05) is 0 Å². The molecular weight excluding hydrogens is 410 g/mol. The van der Waals surface area contributed by atoms with E-state index in [1.807, 2.05) is 47.8 Å². The number of rotatable bonds is 7. The fourth-order valence-corrected chi connectivity index (χ4v) is 5.47. The smallest absolute Gasteiger partial charge is 0.261 e. The number of amides is 1. The van der Waals surface area contributed by atoms with Gasteiger partial charge in [0.05, 0.1) is 5.75 Å². The van der Waals surface area contributed by atoms with E-state index in [4.69, 9.17) is 5.21 Å². The molecule has 0 aliphatic heterocycles. The van der Waals surface area contributed by atoms with E-state index in [1.54, 1.807) is 29.1 Å². The zero-order valence-electron chi connectivity index (χ0n) is 15.3. The summed E-state index contributed by atoms with van der Waals surface area (Å²) in [4.78, 5) is 15.2. The fraction of sp³-hybridized carbons (Fsp3) is 0.150. The van der Waals surface area contributed by atoms with Crippen LogP contribution in [-0.4, -0.2) is 30.6 Å². The zero-order valence-corrected chi connectivity index (χ0v) is 16.9. The van der Waals surface area contributed by atoms with Crippen LogP contribution in [0.4, 0.5) is 0 Å². The molecule has 0 bridgehead atoms. The second-order valence-corrected chi connectivity index (χ2v) is 9.46. The van der Waals surface area contributed by atoms with Gasteiger partial charge in [0.25, 0.3) is 5.91 Å². The molecule has 7 nitrogen and oxygen atoms in total. The summed E-state index contributed by atoms with van der Waals surface area (Å²) >= 11 is 1.59. The van der Waals surface area contributed by atoms with Gasteiger partial charge in [0.15, 0.2) is 0 Å². The minimum Gasteiger partial charge on any atom is -0.361 e. The van der Waals surface area contributed by atoms with Crippen molar-refractivity contribution in [2.45, 2.75) is 18.2 Å². The third kappa shape index (κ3) is 4.33. The summed E-state index contributed by atoms with van der Waals surface area (Å²) in [6.07, 6.45) is 1.83. The summed E-state index contributed by atoms with van der Waals surface area (Å²) in [5.41, 5.74) is 3.84. The molecule has 0 fully saturated rings. The number of hydroxylamine groups is 1. The lowest BCUT2D eigenvalue weighted by Gasteiger charge is -2.17. The van der Waals surface area contributed by atoms with E-state index in [0.29, 0.717) is 5.56 Å². The molecule has 9 heteroatoms. The van der Waals surface area contributed by atoms with E-state index in [0.717, 1.165) is 26.6 Å². The number of aromatic amines is 1. The molecule has 0 radical (unpaired) electrons. The maximum Gasteiger partial charge on any atom is 0.261 e. The molecule has 29 heavy (non-hydrogen) atoms. The molecule has 1 unspecified atom stereocenters. The molecular formula is C20H19N3O4S2. The number of para-hydroxylation sites is 1. The predicted molar refractivity (Wildman–Crippen MR) is 113 cm³/mol. The van der Waals surface area contributed by atoms with Gasteiger partial charge in [0.2, 0.25) is 10.0 Å². The van der Waals surface area contributed by atoms with Gasteiger partial charge in [0, 0.05) is 21.8 Å². The number of hydrogen-bond acceptors (Lipinski definition) is 5. The van der Waals surface area contributed by atoms with Crippen LogP contribution in [0, 0.1) is 0 Å². The third-order valence-electron chi connectivity index (χ3n) is 4.72. The van der Waals surface area contributed by atoms with Crippen LogP contribution in [0.5, 0.6) is 0 Å². The molecule has 4 aromatic rings. The first-order chi connectivity index (χ1) is 13.9. The van der Waals surface area contributed by atoms with Crippen molar-refractivity contribution in [1.29, 1.82) is 0 Å². The van der Waals surface area contributed by atoms with Gasteiger partial charge in [-0.2, -0.15) is 0 Å². The molecule has 4 rings (SSSR count). The number of thiophene rings is 1. The predicted octanol–water partition coefficient (Wildman–Crippen LogP) is 2.92. The van der Waals surface area contributed by atoms with Crippen LogP contribution < -0.4 is 10.2 Å². The number of benzene rings is 2. The highest BCUT2D eigenvalue weighted by atomic mass is 32.2. The second kappa shape index (κ2) is 7.96. The minimum absolute atomic E-state index is 0.0964. The number of H-pyrrole nitrogens is 1. The zero-order chi connectivity index (χ0) is 20.4. The highest BCUT2D eigenvalue weighted by Gasteiger charge is 2.26. The standard InChI is InChI=1S/C20H19N3O4S2/c24-20(22-25)18(10-15-11-21-17-4-2-1-3-16(15)17)23-29(26,27)12-13-5-6-19-14(9-13)7-8-28-19/h1-9,11,18,21,23,25H,10,12H2,(H,22,24). The van der Waals surface area contributed by atoms with E-state index in [2.05, 4.69) is 9.71 Å². The maximum absolute atomic E-state index is 12.7. The van der Waals surface area contributed by atoms with Gasteiger partial charge in [-0.15, -0.1) is 11.3 Å². The Kier molecular flexibility index (Phi) is 5.37. The quantitative estimate of drug-likeness (QED) is 0.267. The van der Waals surface area contributed by atoms with Gasteiger partial charge < -0.3 is 4.98 Å². The molecule has 2 heterocycles. The summed E-state index contributed by atoms with van der Waals surface area (Å²) in [6.45, 7) is 0. The SMILES string of the molecule is O=C(NO)C(Cc1c[nH]c2ccccc12)NS(=O)(=O)Cc1ccc2sccc2c1. The van der Waals surface area contributed by atoms with Crippen LogP contribution in [-0.2, 0) is 27.0 Å². The van der Waals surface area contributed by atoms with Crippen LogP contribution in [0.15, 0.2) is 60.1 Å². The van der Waals surface area contributed by atoms with Crippen molar-refractivity contribution >= 4 is 48.3 Å². The largest absolute Gasteiger partial charge is 0.361 e. The lowest BCUT2D eigenvalue weighted by atomic mass is 10.1. The Balaban J connectivity index is 1.55. The molecule has 0 saturated heterocycles. The highest BCUT2D eigenvalue weighted by Crippen LogP contribution is 2.23. The lowest BCUT2D eigenvalue weighted by Crippen LogP contribution is -2.47. The van der Waals surface area contributed by atoms with E-state index >= 15 is 0 Å². The molecule has 0 aliphatic carbocycles. The van der Waals surface area contributed by atoms with Gasteiger partial charge in [-0.05, 0) is 52.6 Å². The van der Waals surface area contributed by atoms with E-state index < -0.39 is 22.0 Å². The average Bonchev–Trinajstić information content (AvgIpc) is 3.33. The first-order valence-corrected chi connectivity index (χ1v) is 11.4. The van der Waals surface area contributed by atoms with E-state index in [1.165, 1.54) is 0 Å². The summed E-state index contributed by atoms with van der Waals surface area (Å²) < 4.78 is 28.9. The number of hydrogen-bond donors (Lipinski definition) is 4. The van der Waals surface area contributed by atoms with Crippen molar-refractivity contribution < 1.29 is 18.4 Å². The Bertz CT molecular complexity index is 1280. The summed E-state index contributed by atoms with van der Waals surface area (Å²) in [7, 11) is -3.83. The van der Waals surface area contributed by atoms with Crippen LogP contribution in [0.3, 0.4) is 0 Å². The van der Waals surface area contributed by atoms with Gasteiger partial charge in [-0.25, -0.2) is 18.6 Å². The van der Waals surface area contributed by atoms with E-state index in [9.17, 15) is 13.2 Å². The number of carbonyl (C=O) groups excluding carboxylic acids is 1.